The Balaban J connectivity index is 2.00. The molecule has 0 unspecified atom stereocenters. The molecule has 0 saturated heterocycles. The van der Waals surface area contributed by atoms with Crippen LogP contribution in [0.2, 0.25) is 0 Å². The van der Waals surface area contributed by atoms with Crippen molar-refractivity contribution >= 4 is 21.7 Å². The maximum absolute atomic E-state index is 12.2. The smallest absolute Gasteiger partial charge is 0.141 e. The fraction of sp³-hybridized carbons (Fsp3) is 0.316. The van der Waals surface area contributed by atoms with E-state index in [1.165, 1.54) is 5.56 Å². The van der Waals surface area contributed by atoms with Gasteiger partial charge in [-0.25, -0.2) is 0 Å². The van der Waals surface area contributed by atoms with Gasteiger partial charge in [0.05, 0.1) is 0 Å². The highest BCUT2D eigenvalue weighted by Crippen LogP contribution is 2.22. The maximum atomic E-state index is 12.2. The number of carbonyl (C=O) groups is 1. The van der Waals surface area contributed by atoms with Crippen LogP contribution in [0.3, 0.4) is 0 Å². The van der Waals surface area contributed by atoms with Crippen LogP contribution in [0.25, 0.3) is 0 Å². The van der Waals surface area contributed by atoms with Crippen LogP contribution < -0.4 is 0 Å². The third-order valence-electron chi connectivity index (χ3n) is 3.51. The molecule has 0 aliphatic rings. The highest BCUT2D eigenvalue weighted by molar-refractivity contribution is 9.10. The van der Waals surface area contributed by atoms with Gasteiger partial charge in [0, 0.05) is 17.3 Å². The summed E-state index contributed by atoms with van der Waals surface area (Å²) >= 11 is 3.43. The molecule has 0 atom stereocenters. The fourth-order valence-corrected chi connectivity index (χ4v) is 2.73. The number of hydrogen-bond acceptors (Lipinski definition) is 1. The van der Waals surface area contributed by atoms with Gasteiger partial charge in [-0.15, -0.1) is 0 Å². The van der Waals surface area contributed by atoms with Crippen LogP contribution in [0.4, 0.5) is 0 Å². The van der Waals surface area contributed by atoms with E-state index in [0.717, 1.165) is 15.6 Å². The molecule has 1 nitrogen and oxygen atoms in total. The van der Waals surface area contributed by atoms with E-state index in [1.807, 2.05) is 24.3 Å². The van der Waals surface area contributed by atoms with Crippen LogP contribution in [-0.4, -0.2) is 5.78 Å². The molecule has 0 N–H and O–H groups in total. The number of Topliss-reactive ketones (excluding diaryl/α,β-unsaturated/α-hetero) is 1. The van der Waals surface area contributed by atoms with Crippen molar-refractivity contribution in [3.63, 3.8) is 0 Å². The lowest BCUT2D eigenvalue weighted by molar-refractivity contribution is -0.117. The van der Waals surface area contributed by atoms with E-state index in [2.05, 4.69) is 61.0 Å². The predicted octanol–water partition coefficient (Wildman–Crippen LogP) is 5.10. The minimum Gasteiger partial charge on any atom is -0.299 e. The number of halogens is 1. The molecule has 2 heteroatoms. The van der Waals surface area contributed by atoms with E-state index in [4.69, 9.17) is 0 Å². The van der Waals surface area contributed by atoms with Crippen LogP contribution in [0.1, 0.15) is 37.5 Å². The summed E-state index contributed by atoms with van der Waals surface area (Å²) in [7, 11) is 0. The first-order valence-corrected chi connectivity index (χ1v) is 7.99. The van der Waals surface area contributed by atoms with E-state index in [-0.39, 0.29) is 11.2 Å². The molecule has 2 aromatic rings. The normalized spacial score (nSPS) is 11.4. The summed E-state index contributed by atoms with van der Waals surface area (Å²) in [5, 5.41) is 0. The van der Waals surface area contributed by atoms with Gasteiger partial charge in [-0.1, -0.05) is 73.1 Å². The molecule has 0 amide bonds. The quantitative estimate of drug-likeness (QED) is 0.753. The van der Waals surface area contributed by atoms with Crippen LogP contribution in [0, 0.1) is 0 Å². The lowest BCUT2D eigenvalue weighted by Crippen LogP contribution is -2.11. The van der Waals surface area contributed by atoms with Crippen molar-refractivity contribution in [1.29, 1.82) is 0 Å². The van der Waals surface area contributed by atoms with Gasteiger partial charge >= 0.3 is 0 Å². The highest BCUT2D eigenvalue weighted by Gasteiger charge is 2.13. The van der Waals surface area contributed by atoms with Crippen molar-refractivity contribution in [2.24, 2.45) is 0 Å². The first-order valence-electron chi connectivity index (χ1n) is 7.20. The third-order valence-corrected chi connectivity index (χ3v) is 4.00. The molecule has 0 spiro atoms. The Morgan fingerprint density at radius 1 is 0.952 bits per heavy atom. The number of rotatable bonds is 4. The van der Waals surface area contributed by atoms with Gasteiger partial charge in [-0.2, -0.15) is 0 Å². The average molecular weight is 345 g/mol. The zero-order chi connectivity index (χ0) is 15.5. The molecule has 0 aliphatic carbocycles. The zero-order valence-corrected chi connectivity index (χ0v) is 14.4. The van der Waals surface area contributed by atoms with Gasteiger partial charge in [0.2, 0.25) is 0 Å². The Labute approximate surface area is 135 Å². The summed E-state index contributed by atoms with van der Waals surface area (Å²) in [5.41, 5.74) is 3.59. The molecule has 0 aromatic heterocycles. The fourth-order valence-electron chi connectivity index (χ4n) is 2.29. The summed E-state index contributed by atoms with van der Waals surface area (Å²) in [6, 6.07) is 16.3. The van der Waals surface area contributed by atoms with Crippen molar-refractivity contribution < 1.29 is 4.79 Å². The Morgan fingerprint density at radius 2 is 1.57 bits per heavy atom. The molecule has 0 saturated carbocycles. The summed E-state index contributed by atoms with van der Waals surface area (Å²) < 4.78 is 1.02. The van der Waals surface area contributed by atoms with Crippen molar-refractivity contribution in [2.75, 3.05) is 0 Å². The summed E-state index contributed by atoms with van der Waals surface area (Å²) in [6.45, 7) is 6.58. The van der Waals surface area contributed by atoms with Gasteiger partial charge in [-0.3, -0.25) is 4.79 Å². The first kappa shape index (κ1) is 16.0. The number of carbonyl (C=O) groups excluding carboxylic acids is 1. The second-order valence-electron chi connectivity index (χ2n) is 6.47. The predicted molar refractivity (Wildman–Crippen MR) is 91.7 cm³/mol. The van der Waals surface area contributed by atoms with Gasteiger partial charge in [0.1, 0.15) is 5.78 Å². The Kier molecular flexibility index (Phi) is 5.00. The Bertz CT molecular complexity index is 621. The number of ketones is 1. The summed E-state index contributed by atoms with van der Waals surface area (Å²) in [4.78, 5) is 12.2. The molecule has 0 radical (unpaired) electrons. The van der Waals surface area contributed by atoms with Crippen LogP contribution in [0.5, 0.6) is 0 Å². The molecule has 0 bridgehead atoms. The molecule has 0 heterocycles. The molecule has 0 aliphatic heterocycles. The van der Waals surface area contributed by atoms with Crippen LogP contribution >= 0.6 is 15.9 Å². The second-order valence-corrected chi connectivity index (χ2v) is 7.38. The third kappa shape index (κ3) is 4.82. The second kappa shape index (κ2) is 6.57. The standard InChI is InChI=1S/C19H21BrO/c1-19(2,3)16-9-7-14(8-10-16)12-18(21)13-15-5-4-6-17(20)11-15/h4-11H,12-13H2,1-3H3. The number of benzene rings is 2. The van der Waals surface area contributed by atoms with Gasteiger partial charge in [0.25, 0.3) is 0 Å². The van der Waals surface area contributed by atoms with Gasteiger partial charge in [0.15, 0.2) is 0 Å². The van der Waals surface area contributed by atoms with Crippen molar-refractivity contribution in [3.8, 4) is 0 Å². The van der Waals surface area contributed by atoms with Crippen LogP contribution in [0.15, 0.2) is 53.0 Å². The Morgan fingerprint density at radius 3 is 2.14 bits per heavy atom. The van der Waals surface area contributed by atoms with Gasteiger partial charge in [-0.05, 0) is 34.2 Å². The van der Waals surface area contributed by atoms with Crippen LogP contribution in [-0.2, 0) is 23.1 Å². The molecular weight excluding hydrogens is 324 g/mol. The maximum Gasteiger partial charge on any atom is 0.141 e. The SMILES string of the molecule is CC(C)(C)c1ccc(CC(=O)Cc2cccc(Br)c2)cc1. The average Bonchev–Trinajstić information content (AvgIpc) is 2.38. The largest absolute Gasteiger partial charge is 0.299 e. The first-order chi connectivity index (χ1) is 9.84. The van der Waals surface area contributed by atoms with E-state index in [1.54, 1.807) is 0 Å². The van der Waals surface area contributed by atoms with E-state index in [0.29, 0.717) is 12.8 Å². The van der Waals surface area contributed by atoms with E-state index < -0.39 is 0 Å². The van der Waals surface area contributed by atoms with Crippen molar-refractivity contribution in [2.45, 2.75) is 39.0 Å². The Hall–Kier alpha value is -1.41. The topological polar surface area (TPSA) is 17.1 Å². The molecule has 21 heavy (non-hydrogen) atoms. The molecular formula is C19H21BrO. The lowest BCUT2D eigenvalue weighted by Gasteiger charge is -2.19. The van der Waals surface area contributed by atoms with Crippen molar-refractivity contribution in [3.05, 3.63) is 69.7 Å². The lowest BCUT2D eigenvalue weighted by atomic mass is 9.86. The van der Waals surface area contributed by atoms with Gasteiger partial charge < -0.3 is 0 Å². The molecule has 2 rings (SSSR count). The van der Waals surface area contributed by atoms with Crippen molar-refractivity contribution in [1.82, 2.24) is 0 Å². The van der Waals surface area contributed by atoms with E-state index >= 15 is 0 Å². The van der Waals surface area contributed by atoms with E-state index in [9.17, 15) is 4.79 Å². The summed E-state index contributed by atoms with van der Waals surface area (Å²) in [6.07, 6.45) is 0.984. The molecule has 2 aromatic carbocycles. The summed E-state index contributed by atoms with van der Waals surface area (Å²) in [5.74, 6) is 0.247. The zero-order valence-electron chi connectivity index (χ0n) is 12.8. The highest BCUT2D eigenvalue weighted by atomic mass is 79.9. The minimum atomic E-state index is 0.152. The minimum absolute atomic E-state index is 0.152. The molecule has 110 valence electrons. The molecule has 0 fully saturated rings. The monoisotopic (exact) mass is 344 g/mol. The number of hydrogen-bond donors (Lipinski definition) is 0.